The number of carbonyl (C=O) groups is 1. The molecule has 0 spiro atoms. The van der Waals surface area contributed by atoms with Crippen LogP contribution in [0.2, 0.25) is 5.02 Å². The number of nitrogens with one attached hydrogen (secondary N) is 1. The molecule has 0 unspecified atom stereocenters. The van der Waals surface area contributed by atoms with Gasteiger partial charge in [-0.05, 0) is 42.7 Å². The van der Waals surface area contributed by atoms with E-state index in [1.807, 2.05) is 31.2 Å². The lowest BCUT2D eigenvalue weighted by molar-refractivity contribution is -0.122. The molecule has 4 heteroatoms. The topological polar surface area (TPSA) is 38.3 Å². The molecule has 2 aromatic carbocycles. The molecule has 1 N–H and O–H groups in total. The number of carbonyl (C=O) groups excluding carboxylic acids is 1. The summed E-state index contributed by atoms with van der Waals surface area (Å²) < 4.78 is 5.76. The third-order valence-corrected chi connectivity index (χ3v) is 3.63. The SMILES string of the molecule is CCc1ccccc1NC(=O)[C@@H](CC)Oc1cccc(Cl)c1. The fourth-order valence-corrected chi connectivity index (χ4v) is 2.37. The second-order valence-corrected chi connectivity index (χ2v) is 5.41. The van der Waals surface area contributed by atoms with Gasteiger partial charge in [0.2, 0.25) is 0 Å². The van der Waals surface area contributed by atoms with Crippen LogP contribution in [0, 0.1) is 0 Å². The molecule has 0 bridgehead atoms. The van der Waals surface area contributed by atoms with Gasteiger partial charge >= 0.3 is 0 Å². The smallest absolute Gasteiger partial charge is 0.265 e. The number of anilines is 1. The monoisotopic (exact) mass is 317 g/mol. The Morgan fingerprint density at radius 2 is 1.95 bits per heavy atom. The number of aryl methyl sites for hydroxylation is 1. The molecule has 3 nitrogen and oxygen atoms in total. The van der Waals surface area contributed by atoms with Gasteiger partial charge in [-0.15, -0.1) is 0 Å². The summed E-state index contributed by atoms with van der Waals surface area (Å²) in [7, 11) is 0. The van der Waals surface area contributed by atoms with Gasteiger partial charge in [0.15, 0.2) is 6.10 Å². The Hall–Kier alpha value is -2.00. The highest BCUT2D eigenvalue weighted by atomic mass is 35.5. The van der Waals surface area contributed by atoms with Gasteiger partial charge in [0, 0.05) is 10.7 Å². The second kappa shape index (κ2) is 7.85. The molecule has 2 rings (SSSR count). The molecule has 0 aliphatic carbocycles. The highest BCUT2D eigenvalue weighted by Gasteiger charge is 2.19. The van der Waals surface area contributed by atoms with Crippen molar-refractivity contribution in [2.45, 2.75) is 32.8 Å². The summed E-state index contributed by atoms with van der Waals surface area (Å²) in [5.41, 5.74) is 1.94. The van der Waals surface area contributed by atoms with Crippen molar-refractivity contribution >= 4 is 23.2 Å². The summed E-state index contributed by atoms with van der Waals surface area (Å²) in [4.78, 5) is 12.4. The van der Waals surface area contributed by atoms with Crippen molar-refractivity contribution in [1.29, 1.82) is 0 Å². The minimum atomic E-state index is -0.552. The summed E-state index contributed by atoms with van der Waals surface area (Å²) in [6, 6.07) is 14.9. The lowest BCUT2D eigenvalue weighted by Gasteiger charge is -2.18. The zero-order valence-electron chi connectivity index (χ0n) is 12.8. The Labute approximate surface area is 136 Å². The van der Waals surface area contributed by atoms with Gasteiger partial charge in [-0.3, -0.25) is 4.79 Å². The van der Waals surface area contributed by atoms with Gasteiger partial charge in [-0.1, -0.05) is 49.7 Å². The second-order valence-electron chi connectivity index (χ2n) is 4.97. The molecule has 0 aliphatic rings. The minimum absolute atomic E-state index is 0.150. The van der Waals surface area contributed by atoms with E-state index in [1.54, 1.807) is 24.3 Å². The van der Waals surface area contributed by atoms with Gasteiger partial charge in [0.1, 0.15) is 5.75 Å². The number of benzene rings is 2. The fraction of sp³-hybridized carbons (Fsp3) is 0.278. The average Bonchev–Trinajstić information content (AvgIpc) is 2.53. The summed E-state index contributed by atoms with van der Waals surface area (Å²) in [6.45, 7) is 3.98. The zero-order chi connectivity index (χ0) is 15.9. The van der Waals surface area contributed by atoms with Crippen LogP contribution in [0.25, 0.3) is 0 Å². The lowest BCUT2D eigenvalue weighted by Crippen LogP contribution is -2.32. The summed E-state index contributed by atoms with van der Waals surface area (Å²) >= 11 is 5.94. The van der Waals surface area contributed by atoms with E-state index in [0.717, 1.165) is 17.7 Å². The van der Waals surface area contributed by atoms with Crippen LogP contribution in [0.5, 0.6) is 5.75 Å². The first-order valence-corrected chi connectivity index (χ1v) is 7.82. The van der Waals surface area contributed by atoms with Crippen molar-refractivity contribution in [2.75, 3.05) is 5.32 Å². The van der Waals surface area contributed by atoms with Crippen molar-refractivity contribution in [1.82, 2.24) is 0 Å². The van der Waals surface area contributed by atoms with E-state index in [0.29, 0.717) is 17.2 Å². The van der Waals surface area contributed by atoms with Crippen LogP contribution in [0.15, 0.2) is 48.5 Å². The Kier molecular flexibility index (Phi) is 5.84. The van der Waals surface area contributed by atoms with Crippen molar-refractivity contribution in [2.24, 2.45) is 0 Å². The van der Waals surface area contributed by atoms with Gasteiger partial charge in [0.25, 0.3) is 5.91 Å². The quantitative estimate of drug-likeness (QED) is 0.838. The molecule has 116 valence electrons. The highest BCUT2D eigenvalue weighted by Crippen LogP contribution is 2.21. The molecule has 0 aromatic heterocycles. The first-order valence-electron chi connectivity index (χ1n) is 7.45. The van der Waals surface area contributed by atoms with Gasteiger partial charge < -0.3 is 10.1 Å². The number of para-hydroxylation sites is 1. The standard InChI is InChI=1S/C18H20ClNO2/c1-3-13-8-5-6-11-16(13)20-18(21)17(4-2)22-15-10-7-9-14(19)12-15/h5-12,17H,3-4H2,1-2H3,(H,20,21)/t17-/m1/s1. The largest absolute Gasteiger partial charge is 0.481 e. The Balaban J connectivity index is 2.09. The summed E-state index contributed by atoms with van der Waals surface area (Å²) in [5.74, 6) is 0.446. The predicted molar refractivity (Wildman–Crippen MR) is 90.6 cm³/mol. The number of ether oxygens (including phenoxy) is 1. The Morgan fingerprint density at radius 1 is 1.18 bits per heavy atom. The fourth-order valence-electron chi connectivity index (χ4n) is 2.19. The third kappa shape index (κ3) is 4.25. The van der Waals surface area contributed by atoms with Crippen LogP contribution in [-0.4, -0.2) is 12.0 Å². The molecule has 22 heavy (non-hydrogen) atoms. The normalized spacial score (nSPS) is 11.8. The van der Waals surface area contributed by atoms with Crippen LogP contribution < -0.4 is 10.1 Å². The van der Waals surface area contributed by atoms with E-state index in [9.17, 15) is 4.79 Å². The number of amides is 1. The molecule has 0 fully saturated rings. The molecule has 0 heterocycles. The number of rotatable bonds is 6. The Morgan fingerprint density at radius 3 is 2.64 bits per heavy atom. The van der Waals surface area contributed by atoms with Crippen LogP contribution in [0.1, 0.15) is 25.8 Å². The lowest BCUT2D eigenvalue weighted by atomic mass is 10.1. The molecular weight excluding hydrogens is 298 g/mol. The molecule has 2 aromatic rings. The van der Waals surface area contributed by atoms with Crippen molar-refractivity contribution in [3.05, 3.63) is 59.1 Å². The molecule has 0 aliphatic heterocycles. The molecule has 0 radical (unpaired) electrons. The van der Waals surface area contributed by atoms with E-state index < -0.39 is 6.10 Å². The highest BCUT2D eigenvalue weighted by molar-refractivity contribution is 6.30. The van der Waals surface area contributed by atoms with Crippen LogP contribution in [-0.2, 0) is 11.2 Å². The predicted octanol–water partition coefficient (Wildman–Crippen LogP) is 4.70. The van der Waals surface area contributed by atoms with Crippen LogP contribution in [0.3, 0.4) is 0 Å². The van der Waals surface area contributed by atoms with Crippen molar-refractivity contribution < 1.29 is 9.53 Å². The zero-order valence-corrected chi connectivity index (χ0v) is 13.6. The maximum atomic E-state index is 12.4. The first-order chi connectivity index (χ1) is 10.6. The van der Waals surface area contributed by atoms with Gasteiger partial charge in [0.05, 0.1) is 0 Å². The van der Waals surface area contributed by atoms with Crippen molar-refractivity contribution in [3.8, 4) is 5.75 Å². The summed E-state index contributed by atoms with van der Waals surface area (Å²) in [6.07, 6.45) is 0.887. The maximum Gasteiger partial charge on any atom is 0.265 e. The molecule has 0 saturated heterocycles. The van der Waals surface area contributed by atoms with E-state index in [-0.39, 0.29) is 5.91 Å². The van der Waals surface area contributed by atoms with E-state index in [4.69, 9.17) is 16.3 Å². The number of hydrogen-bond acceptors (Lipinski definition) is 2. The van der Waals surface area contributed by atoms with Gasteiger partial charge in [-0.25, -0.2) is 0 Å². The maximum absolute atomic E-state index is 12.4. The summed E-state index contributed by atoms with van der Waals surface area (Å²) in [5, 5.41) is 3.54. The first kappa shape index (κ1) is 16.4. The molecular formula is C18H20ClNO2. The third-order valence-electron chi connectivity index (χ3n) is 3.39. The molecule has 1 atom stereocenters. The molecule has 0 saturated carbocycles. The molecule has 1 amide bonds. The Bertz CT molecular complexity index is 642. The number of hydrogen-bond donors (Lipinski definition) is 1. The van der Waals surface area contributed by atoms with Crippen LogP contribution in [0.4, 0.5) is 5.69 Å². The van der Waals surface area contributed by atoms with E-state index in [1.165, 1.54) is 0 Å². The van der Waals surface area contributed by atoms with Gasteiger partial charge in [-0.2, -0.15) is 0 Å². The van der Waals surface area contributed by atoms with E-state index >= 15 is 0 Å². The average molecular weight is 318 g/mol. The number of halogens is 1. The minimum Gasteiger partial charge on any atom is -0.481 e. The van der Waals surface area contributed by atoms with Crippen molar-refractivity contribution in [3.63, 3.8) is 0 Å². The van der Waals surface area contributed by atoms with Crippen LogP contribution >= 0.6 is 11.6 Å². The van der Waals surface area contributed by atoms with E-state index in [2.05, 4.69) is 12.2 Å².